The number of imide groups is 1. The van der Waals surface area contributed by atoms with E-state index >= 15 is 0 Å². The number of carbonyl (C=O) groups is 2. The average molecular weight is 377 g/mol. The quantitative estimate of drug-likeness (QED) is 0.737. The van der Waals surface area contributed by atoms with Gasteiger partial charge in [-0.3, -0.25) is 14.5 Å². The molecule has 2 aromatic rings. The summed E-state index contributed by atoms with van der Waals surface area (Å²) in [5.74, 6) is -0.542. The van der Waals surface area contributed by atoms with Gasteiger partial charge in [-0.2, -0.15) is 0 Å². The molecule has 0 saturated heterocycles. The van der Waals surface area contributed by atoms with Crippen molar-refractivity contribution in [2.45, 2.75) is 33.7 Å². The van der Waals surface area contributed by atoms with Gasteiger partial charge in [0, 0.05) is 30.5 Å². The number of nitrogens with zero attached hydrogens (tertiary/aromatic N) is 2. The van der Waals surface area contributed by atoms with Crippen LogP contribution in [0.3, 0.4) is 0 Å². The second-order valence-corrected chi connectivity index (χ2v) is 7.03. The Morgan fingerprint density at radius 3 is 2.04 bits per heavy atom. The molecule has 0 aromatic heterocycles. The van der Waals surface area contributed by atoms with Crippen LogP contribution in [0, 0.1) is 0 Å². The molecule has 5 heteroatoms. The van der Waals surface area contributed by atoms with Crippen LogP contribution in [0.25, 0.3) is 5.57 Å². The summed E-state index contributed by atoms with van der Waals surface area (Å²) in [5.41, 5.74) is 3.41. The van der Waals surface area contributed by atoms with Crippen LogP contribution in [0.15, 0.2) is 60.3 Å². The van der Waals surface area contributed by atoms with E-state index < -0.39 is 0 Å². The highest BCUT2D eigenvalue weighted by atomic mass is 16.2. The first kappa shape index (κ1) is 19.7. The molecule has 3 rings (SSSR count). The molecular formula is C23H27N3O2. The molecule has 1 N–H and O–H groups in total. The molecule has 1 aliphatic rings. The van der Waals surface area contributed by atoms with Crippen molar-refractivity contribution >= 4 is 28.8 Å². The largest absolute Gasteiger partial charge is 0.372 e. The van der Waals surface area contributed by atoms with Crippen LogP contribution in [0.1, 0.15) is 33.3 Å². The maximum atomic E-state index is 13.0. The fraction of sp³-hybridized carbons (Fsp3) is 0.304. The fourth-order valence-corrected chi connectivity index (χ4v) is 3.49. The van der Waals surface area contributed by atoms with Gasteiger partial charge >= 0.3 is 0 Å². The molecule has 0 unspecified atom stereocenters. The number of anilines is 2. The summed E-state index contributed by atoms with van der Waals surface area (Å²) in [6, 6.07) is 17.1. The zero-order valence-corrected chi connectivity index (χ0v) is 16.9. The molecule has 0 bridgehead atoms. The van der Waals surface area contributed by atoms with Crippen LogP contribution in [0.2, 0.25) is 0 Å². The van der Waals surface area contributed by atoms with Gasteiger partial charge in [0.15, 0.2) is 0 Å². The summed E-state index contributed by atoms with van der Waals surface area (Å²) < 4.78 is 0. The first-order valence-corrected chi connectivity index (χ1v) is 9.77. The van der Waals surface area contributed by atoms with Gasteiger partial charge in [0.05, 0.1) is 5.57 Å². The number of rotatable bonds is 7. The number of hydrogen-bond donors (Lipinski definition) is 1. The molecule has 5 nitrogen and oxygen atoms in total. The minimum absolute atomic E-state index is 0.206. The van der Waals surface area contributed by atoms with E-state index in [-0.39, 0.29) is 17.9 Å². The van der Waals surface area contributed by atoms with Crippen molar-refractivity contribution in [3.05, 3.63) is 65.9 Å². The molecule has 146 valence electrons. The highest BCUT2D eigenvalue weighted by Crippen LogP contribution is 2.32. The highest BCUT2D eigenvalue weighted by molar-refractivity contribution is 6.36. The normalized spacial score (nSPS) is 14.2. The lowest BCUT2D eigenvalue weighted by Crippen LogP contribution is -2.38. The van der Waals surface area contributed by atoms with Crippen LogP contribution >= 0.6 is 0 Å². The predicted molar refractivity (Wildman–Crippen MR) is 114 cm³/mol. The van der Waals surface area contributed by atoms with E-state index in [2.05, 4.69) is 24.1 Å². The van der Waals surface area contributed by atoms with E-state index in [9.17, 15) is 9.59 Å². The monoisotopic (exact) mass is 377 g/mol. The summed E-state index contributed by atoms with van der Waals surface area (Å²) in [4.78, 5) is 29.5. The van der Waals surface area contributed by atoms with Crippen molar-refractivity contribution in [3.63, 3.8) is 0 Å². The number of nitrogens with one attached hydrogen (secondary N) is 1. The third-order valence-electron chi connectivity index (χ3n) is 4.96. The topological polar surface area (TPSA) is 52.7 Å². The van der Waals surface area contributed by atoms with Crippen molar-refractivity contribution in [2.24, 2.45) is 0 Å². The Labute approximate surface area is 166 Å². The van der Waals surface area contributed by atoms with Crippen LogP contribution in [0.5, 0.6) is 0 Å². The molecule has 2 aromatic carbocycles. The zero-order chi connectivity index (χ0) is 20.3. The SMILES string of the molecule is CCN(CC)c1ccc(NC2=C(c3ccccc3)C(=O)N(C(C)C)C2=O)cc1. The highest BCUT2D eigenvalue weighted by Gasteiger charge is 2.40. The molecule has 0 saturated carbocycles. The van der Waals surface area contributed by atoms with Gasteiger partial charge in [0.25, 0.3) is 11.8 Å². The second-order valence-electron chi connectivity index (χ2n) is 7.03. The minimum atomic E-state index is -0.285. The fourth-order valence-electron chi connectivity index (χ4n) is 3.49. The smallest absolute Gasteiger partial charge is 0.278 e. The molecule has 1 heterocycles. The molecule has 0 fully saturated rings. The standard InChI is InChI=1S/C23H27N3O2/c1-5-25(6-2)19-14-12-18(13-15-19)24-21-20(17-10-8-7-9-11-17)22(27)26(16(3)4)23(21)28/h7-16,24H,5-6H2,1-4H3. The first-order valence-electron chi connectivity index (χ1n) is 9.77. The van der Waals surface area contributed by atoms with Crippen LogP contribution in [-0.2, 0) is 9.59 Å². The van der Waals surface area contributed by atoms with Gasteiger partial charge in [-0.15, -0.1) is 0 Å². The minimum Gasteiger partial charge on any atom is -0.372 e. The molecule has 2 amide bonds. The van der Waals surface area contributed by atoms with E-state index in [1.165, 1.54) is 4.90 Å². The van der Waals surface area contributed by atoms with Crippen molar-refractivity contribution in [1.82, 2.24) is 4.90 Å². The average Bonchev–Trinajstić information content (AvgIpc) is 2.94. The number of carbonyl (C=O) groups excluding carboxylic acids is 2. The van der Waals surface area contributed by atoms with E-state index in [4.69, 9.17) is 0 Å². The Kier molecular flexibility index (Phi) is 5.83. The van der Waals surface area contributed by atoms with Crippen molar-refractivity contribution in [3.8, 4) is 0 Å². The van der Waals surface area contributed by atoms with E-state index in [1.807, 2.05) is 68.4 Å². The van der Waals surface area contributed by atoms with Crippen molar-refractivity contribution in [2.75, 3.05) is 23.3 Å². The summed E-state index contributed by atoms with van der Waals surface area (Å²) in [6.07, 6.45) is 0. The molecule has 0 spiro atoms. The summed E-state index contributed by atoms with van der Waals surface area (Å²) in [5, 5.41) is 3.21. The third kappa shape index (κ3) is 3.65. The Hall–Kier alpha value is -3.08. The van der Waals surface area contributed by atoms with Crippen molar-refractivity contribution < 1.29 is 9.59 Å². The molecule has 0 aliphatic carbocycles. The Morgan fingerprint density at radius 2 is 1.50 bits per heavy atom. The Morgan fingerprint density at radius 1 is 0.893 bits per heavy atom. The lowest BCUT2D eigenvalue weighted by atomic mass is 10.0. The van der Waals surface area contributed by atoms with Gasteiger partial charge in [-0.25, -0.2) is 0 Å². The van der Waals surface area contributed by atoms with Gasteiger partial charge < -0.3 is 10.2 Å². The molecule has 0 radical (unpaired) electrons. The number of benzene rings is 2. The summed E-state index contributed by atoms with van der Waals surface area (Å²) >= 11 is 0. The van der Waals surface area contributed by atoms with E-state index in [1.54, 1.807) is 0 Å². The predicted octanol–water partition coefficient (Wildman–Crippen LogP) is 4.13. The van der Waals surface area contributed by atoms with Crippen molar-refractivity contribution in [1.29, 1.82) is 0 Å². The lowest BCUT2D eigenvalue weighted by molar-refractivity contribution is -0.138. The Bertz CT molecular complexity index is 882. The van der Waals surface area contributed by atoms with Crippen LogP contribution in [0.4, 0.5) is 11.4 Å². The van der Waals surface area contributed by atoms with Crippen LogP contribution < -0.4 is 10.2 Å². The van der Waals surface area contributed by atoms with E-state index in [0.29, 0.717) is 11.3 Å². The lowest BCUT2D eigenvalue weighted by Gasteiger charge is -2.21. The Balaban J connectivity index is 1.97. The molecular weight excluding hydrogens is 350 g/mol. The van der Waals surface area contributed by atoms with Gasteiger partial charge in [-0.1, -0.05) is 30.3 Å². The molecule has 28 heavy (non-hydrogen) atoms. The van der Waals surface area contributed by atoms with E-state index in [0.717, 1.165) is 30.0 Å². The third-order valence-corrected chi connectivity index (χ3v) is 4.96. The van der Waals surface area contributed by atoms with Gasteiger partial charge in [0.1, 0.15) is 5.70 Å². The van der Waals surface area contributed by atoms with Gasteiger partial charge in [-0.05, 0) is 57.5 Å². The first-order chi connectivity index (χ1) is 13.5. The number of hydrogen-bond acceptors (Lipinski definition) is 4. The van der Waals surface area contributed by atoms with Crippen LogP contribution in [-0.4, -0.2) is 35.8 Å². The number of amides is 2. The maximum Gasteiger partial charge on any atom is 0.278 e. The second kappa shape index (κ2) is 8.30. The molecule has 1 aliphatic heterocycles. The zero-order valence-electron chi connectivity index (χ0n) is 16.9. The molecule has 0 atom stereocenters. The summed E-state index contributed by atoms with van der Waals surface area (Å²) in [7, 11) is 0. The maximum absolute atomic E-state index is 13.0. The van der Waals surface area contributed by atoms with Gasteiger partial charge in [0.2, 0.25) is 0 Å². The summed E-state index contributed by atoms with van der Waals surface area (Å²) in [6.45, 7) is 9.80.